The molecule has 0 atom stereocenters. The van der Waals surface area contributed by atoms with Crippen LogP contribution in [0.3, 0.4) is 0 Å². The van der Waals surface area contributed by atoms with Gasteiger partial charge < -0.3 is 19.1 Å². The van der Waals surface area contributed by atoms with Crippen LogP contribution in [0.25, 0.3) is 6.08 Å². The number of nitrogens with zero attached hydrogens (tertiary/aromatic N) is 2. The number of benzene rings is 1. The fourth-order valence-corrected chi connectivity index (χ4v) is 3.18. The summed E-state index contributed by atoms with van der Waals surface area (Å²) in [7, 11) is 3.19. The van der Waals surface area contributed by atoms with E-state index in [1.54, 1.807) is 26.4 Å². The van der Waals surface area contributed by atoms with Gasteiger partial charge in [-0.2, -0.15) is 0 Å². The number of hydrogen-bond acceptors (Lipinski definition) is 5. The minimum Gasteiger partial charge on any atom is -0.493 e. The molecule has 0 spiro atoms. The van der Waals surface area contributed by atoms with Crippen LogP contribution in [0.5, 0.6) is 17.4 Å². The maximum absolute atomic E-state index is 12.5. The van der Waals surface area contributed by atoms with Crippen molar-refractivity contribution in [1.82, 2.24) is 9.88 Å². The van der Waals surface area contributed by atoms with Crippen LogP contribution in [0.15, 0.2) is 42.5 Å². The van der Waals surface area contributed by atoms with E-state index in [2.05, 4.69) is 4.98 Å². The van der Waals surface area contributed by atoms with E-state index in [1.807, 2.05) is 48.2 Å². The van der Waals surface area contributed by atoms with Crippen molar-refractivity contribution < 1.29 is 19.0 Å². The Hall–Kier alpha value is -3.02. The molecule has 0 bridgehead atoms. The average molecular weight is 382 g/mol. The van der Waals surface area contributed by atoms with Crippen molar-refractivity contribution in [3.63, 3.8) is 0 Å². The summed E-state index contributed by atoms with van der Waals surface area (Å²) in [6.07, 6.45) is 5.08. The van der Waals surface area contributed by atoms with Gasteiger partial charge in [0.15, 0.2) is 11.5 Å². The molecule has 2 heterocycles. The molecule has 1 aromatic heterocycles. The Morgan fingerprint density at radius 3 is 2.54 bits per heavy atom. The number of likely N-dealkylation sites (tertiary alicyclic amines) is 1. The first kappa shape index (κ1) is 19.7. The van der Waals surface area contributed by atoms with Gasteiger partial charge in [-0.15, -0.1) is 0 Å². The fourth-order valence-electron chi connectivity index (χ4n) is 3.18. The molecule has 28 heavy (non-hydrogen) atoms. The number of hydrogen-bond donors (Lipinski definition) is 0. The maximum Gasteiger partial charge on any atom is 0.246 e. The highest BCUT2D eigenvalue weighted by molar-refractivity contribution is 5.91. The summed E-state index contributed by atoms with van der Waals surface area (Å²) < 4.78 is 16.5. The summed E-state index contributed by atoms with van der Waals surface area (Å²) in [4.78, 5) is 18.7. The Kier molecular flexibility index (Phi) is 6.53. The standard InChI is InChI=1S/C22H26N2O4/c1-16-5-4-6-21(23-16)28-18-11-13-24(14-12-18)22(25)10-8-17-7-9-19(26-2)20(15-17)27-3/h4-10,15,18H,11-14H2,1-3H3/b10-8+. The van der Waals surface area contributed by atoms with Crippen molar-refractivity contribution in [3.05, 3.63) is 53.7 Å². The minimum atomic E-state index is 0.00177. The molecule has 1 aromatic carbocycles. The molecular formula is C22H26N2O4. The molecule has 0 aliphatic carbocycles. The highest BCUT2D eigenvalue weighted by atomic mass is 16.5. The van der Waals surface area contributed by atoms with Gasteiger partial charge in [0.2, 0.25) is 11.8 Å². The lowest BCUT2D eigenvalue weighted by atomic mass is 10.1. The maximum atomic E-state index is 12.5. The summed E-state index contributed by atoms with van der Waals surface area (Å²) in [5.41, 5.74) is 1.82. The molecule has 1 fully saturated rings. The summed E-state index contributed by atoms with van der Waals surface area (Å²) >= 11 is 0. The van der Waals surface area contributed by atoms with E-state index in [9.17, 15) is 4.79 Å². The third kappa shape index (κ3) is 5.03. The number of carbonyl (C=O) groups is 1. The van der Waals surface area contributed by atoms with E-state index in [0.29, 0.717) is 30.5 Å². The molecule has 1 saturated heterocycles. The van der Waals surface area contributed by atoms with Gasteiger partial charge in [-0.05, 0) is 36.8 Å². The number of rotatable bonds is 6. The third-order valence-corrected chi connectivity index (χ3v) is 4.73. The van der Waals surface area contributed by atoms with Gasteiger partial charge >= 0.3 is 0 Å². The van der Waals surface area contributed by atoms with Crippen molar-refractivity contribution in [3.8, 4) is 17.4 Å². The van der Waals surface area contributed by atoms with Crippen LogP contribution in [0.1, 0.15) is 24.1 Å². The number of piperidine rings is 1. The van der Waals surface area contributed by atoms with Crippen LogP contribution < -0.4 is 14.2 Å². The zero-order chi connectivity index (χ0) is 19.9. The number of pyridine rings is 1. The number of carbonyl (C=O) groups excluding carboxylic acids is 1. The molecule has 6 heteroatoms. The Morgan fingerprint density at radius 1 is 1.11 bits per heavy atom. The van der Waals surface area contributed by atoms with Crippen molar-refractivity contribution >= 4 is 12.0 Å². The van der Waals surface area contributed by atoms with Crippen LogP contribution in [0, 0.1) is 6.92 Å². The summed E-state index contributed by atoms with van der Waals surface area (Å²) in [6, 6.07) is 11.3. The first-order chi connectivity index (χ1) is 13.6. The van der Waals surface area contributed by atoms with Crippen molar-refractivity contribution in [2.45, 2.75) is 25.9 Å². The molecule has 0 unspecified atom stereocenters. The van der Waals surface area contributed by atoms with Crippen LogP contribution in [-0.4, -0.2) is 49.2 Å². The molecule has 0 N–H and O–H groups in total. The van der Waals surface area contributed by atoms with Gasteiger partial charge in [0.05, 0.1) is 14.2 Å². The zero-order valence-electron chi connectivity index (χ0n) is 16.6. The molecule has 148 valence electrons. The molecule has 3 rings (SSSR count). The zero-order valence-corrected chi connectivity index (χ0v) is 16.6. The van der Waals surface area contributed by atoms with Crippen LogP contribution in [0.4, 0.5) is 0 Å². The van der Waals surface area contributed by atoms with Gasteiger partial charge in [-0.1, -0.05) is 12.1 Å². The smallest absolute Gasteiger partial charge is 0.246 e. The fraction of sp³-hybridized carbons (Fsp3) is 0.364. The molecule has 0 saturated carbocycles. The Balaban J connectivity index is 1.53. The molecule has 0 radical (unpaired) electrons. The Labute approximate surface area is 165 Å². The highest BCUT2D eigenvalue weighted by Gasteiger charge is 2.23. The van der Waals surface area contributed by atoms with Gasteiger partial charge in [-0.3, -0.25) is 4.79 Å². The lowest BCUT2D eigenvalue weighted by Gasteiger charge is -2.31. The largest absolute Gasteiger partial charge is 0.493 e. The van der Waals surface area contributed by atoms with E-state index in [-0.39, 0.29) is 12.0 Å². The Morgan fingerprint density at radius 2 is 1.86 bits per heavy atom. The van der Waals surface area contributed by atoms with Crippen LogP contribution in [0.2, 0.25) is 0 Å². The first-order valence-electron chi connectivity index (χ1n) is 9.38. The van der Waals surface area contributed by atoms with Gasteiger partial charge in [0, 0.05) is 43.8 Å². The Bertz CT molecular complexity index is 842. The third-order valence-electron chi connectivity index (χ3n) is 4.73. The topological polar surface area (TPSA) is 60.9 Å². The quantitative estimate of drug-likeness (QED) is 0.716. The van der Waals surface area contributed by atoms with E-state index in [1.165, 1.54) is 0 Å². The first-order valence-corrected chi connectivity index (χ1v) is 9.38. The molecule has 1 amide bonds. The van der Waals surface area contributed by atoms with Crippen molar-refractivity contribution in [2.24, 2.45) is 0 Å². The highest BCUT2D eigenvalue weighted by Crippen LogP contribution is 2.28. The number of aryl methyl sites for hydroxylation is 1. The number of aromatic nitrogens is 1. The van der Waals surface area contributed by atoms with Gasteiger partial charge in [0.1, 0.15) is 6.10 Å². The number of ether oxygens (including phenoxy) is 3. The van der Waals surface area contributed by atoms with Crippen molar-refractivity contribution in [1.29, 1.82) is 0 Å². The predicted octanol–water partition coefficient (Wildman–Crippen LogP) is 3.49. The van der Waals surface area contributed by atoms with E-state index in [0.717, 1.165) is 24.1 Å². The molecule has 1 aliphatic heterocycles. The van der Waals surface area contributed by atoms with Crippen molar-refractivity contribution in [2.75, 3.05) is 27.3 Å². The van der Waals surface area contributed by atoms with E-state index >= 15 is 0 Å². The summed E-state index contributed by atoms with van der Waals surface area (Å²) in [6.45, 7) is 3.29. The van der Waals surface area contributed by atoms with Gasteiger partial charge in [0.25, 0.3) is 0 Å². The SMILES string of the molecule is COc1ccc(/C=C/C(=O)N2CCC(Oc3cccc(C)n3)CC2)cc1OC. The second-order valence-electron chi connectivity index (χ2n) is 6.71. The minimum absolute atomic E-state index is 0.00177. The monoisotopic (exact) mass is 382 g/mol. The summed E-state index contributed by atoms with van der Waals surface area (Å²) in [5.74, 6) is 1.95. The number of methoxy groups -OCH3 is 2. The lowest BCUT2D eigenvalue weighted by molar-refractivity contribution is -0.127. The van der Waals surface area contributed by atoms with Gasteiger partial charge in [-0.25, -0.2) is 4.98 Å². The predicted molar refractivity (Wildman–Crippen MR) is 108 cm³/mol. The normalized spacial score (nSPS) is 14.9. The molecule has 1 aliphatic rings. The van der Waals surface area contributed by atoms with E-state index < -0.39 is 0 Å². The van der Waals surface area contributed by atoms with Crippen LogP contribution >= 0.6 is 0 Å². The van der Waals surface area contributed by atoms with E-state index in [4.69, 9.17) is 14.2 Å². The second-order valence-corrected chi connectivity index (χ2v) is 6.71. The average Bonchev–Trinajstić information content (AvgIpc) is 2.72. The summed E-state index contributed by atoms with van der Waals surface area (Å²) in [5, 5.41) is 0. The molecule has 6 nitrogen and oxygen atoms in total. The molecule has 2 aromatic rings. The molecular weight excluding hydrogens is 356 g/mol. The lowest BCUT2D eigenvalue weighted by Crippen LogP contribution is -2.41. The second kappa shape index (κ2) is 9.26. The van der Waals surface area contributed by atoms with Crippen LogP contribution in [-0.2, 0) is 4.79 Å². The number of amides is 1.